The molecule has 124 valence electrons. The van der Waals surface area contributed by atoms with Gasteiger partial charge in [0.05, 0.1) is 17.2 Å². The summed E-state index contributed by atoms with van der Waals surface area (Å²) in [5.41, 5.74) is -0.160. The van der Waals surface area contributed by atoms with Crippen LogP contribution in [0.4, 0.5) is 4.79 Å². The summed E-state index contributed by atoms with van der Waals surface area (Å²) in [4.78, 5) is 13.9. The number of hydrogen-bond acceptors (Lipinski definition) is 4. The smallest absolute Gasteiger partial charge is 0.410 e. The van der Waals surface area contributed by atoms with Crippen molar-refractivity contribution in [3.8, 4) is 6.07 Å². The first kappa shape index (κ1) is 17.3. The second-order valence-corrected chi connectivity index (χ2v) is 7.20. The quantitative estimate of drug-likeness (QED) is 0.863. The van der Waals surface area contributed by atoms with Crippen molar-refractivity contribution in [2.24, 2.45) is 0 Å². The number of amides is 1. The molecule has 1 saturated heterocycles. The minimum Gasteiger partial charge on any atom is -0.444 e. The second-order valence-electron chi connectivity index (χ2n) is 7.20. The first-order valence-electron chi connectivity index (χ1n) is 7.87. The molecule has 1 aromatic rings. The van der Waals surface area contributed by atoms with E-state index in [2.05, 4.69) is 6.07 Å². The molecule has 0 radical (unpaired) electrons. The monoisotopic (exact) mass is 316 g/mol. The van der Waals surface area contributed by atoms with Gasteiger partial charge in [-0.2, -0.15) is 5.26 Å². The summed E-state index contributed by atoms with van der Waals surface area (Å²) < 4.78 is 5.42. The maximum absolute atomic E-state index is 12.2. The Labute approximate surface area is 137 Å². The summed E-state index contributed by atoms with van der Waals surface area (Å²) in [6.45, 7) is 7.87. The highest BCUT2D eigenvalue weighted by atomic mass is 16.6. The van der Waals surface area contributed by atoms with Gasteiger partial charge in [-0.1, -0.05) is 12.1 Å². The van der Waals surface area contributed by atoms with Crippen LogP contribution in [-0.2, 0) is 10.3 Å². The number of aliphatic hydroxyl groups is 1. The Kier molecular flexibility index (Phi) is 4.67. The number of hydrogen-bond donors (Lipinski definition) is 1. The molecule has 1 aliphatic rings. The summed E-state index contributed by atoms with van der Waals surface area (Å²) >= 11 is 0. The third-order valence-corrected chi connectivity index (χ3v) is 4.11. The Morgan fingerprint density at radius 3 is 2.48 bits per heavy atom. The van der Waals surface area contributed by atoms with Crippen LogP contribution >= 0.6 is 0 Å². The lowest BCUT2D eigenvalue weighted by molar-refractivity contribution is -0.0546. The van der Waals surface area contributed by atoms with Crippen molar-refractivity contribution in [2.45, 2.75) is 57.8 Å². The standard InChI is InChI=1S/C18H24N2O3/c1-13-11-18(22,15-7-5-14(12-19)6-8-15)9-10-20(13)16(21)23-17(2,3)4/h5-8,13,22H,9-11H2,1-4H3. The molecule has 2 unspecified atom stereocenters. The van der Waals surface area contributed by atoms with E-state index in [9.17, 15) is 9.90 Å². The van der Waals surface area contributed by atoms with Crippen LogP contribution in [0.5, 0.6) is 0 Å². The second kappa shape index (κ2) is 6.21. The van der Waals surface area contributed by atoms with Gasteiger partial charge in [0.2, 0.25) is 0 Å². The zero-order chi connectivity index (χ0) is 17.3. The molecule has 5 heteroatoms. The van der Waals surface area contributed by atoms with E-state index < -0.39 is 11.2 Å². The van der Waals surface area contributed by atoms with Gasteiger partial charge in [0, 0.05) is 19.0 Å². The highest BCUT2D eigenvalue weighted by Crippen LogP contribution is 2.36. The van der Waals surface area contributed by atoms with Crippen LogP contribution in [0.25, 0.3) is 0 Å². The third kappa shape index (κ3) is 4.02. The molecule has 1 fully saturated rings. The average molecular weight is 316 g/mol. The molecule has 1 N–H and O–H groups in total. The number of rotatable bonds is 1. The van der Waals surface area contributed by atoms with Crippen LogP contribution in [0.3, 0.4) is 0 Å². The van der Waals surface area contributed by atoms with E-state index in [4.69, 9.17) is 10.00 Å². The number of nitrogens with zero attached hydrogens (tertiary/aromatic N) is 2. The number of likely N-dealkylation sites (tertiary alicyclic amines) is 1. The van der Waals surface area contributed by atoms with Gasteiger partial charge in [-0.25, -0.2) is 4.79 Å². The molecule has 23 heavy (non-hydrogen) atoms. The highest BCUT2D eigenvalue weighted by molar-refractivity contribution is 5.68. The third-order valence-electron chi connectivity index (χ3n) is 4.11. The number of benzene rings is 1. The van der Waals surface area contributed by atoms with Gasteiger partial charge in [-0.3, -0.25) is 0 Å². The van der Waals surface area contributed by atoms with Crippen LogP contribution in [0.2, 0.25) is 0 Å². The van der Waals surface area contributed by atoms with Gasteiger partial charge in [-0.15, -0.1) is 0 Å². The van der Waals surface area contributed by atoms with Gasteiger partial charge in [0.15, 0.2) is 0 Å². The summed E-state index contributed by atoms with van der Waals surface area (Å²) in [6.07, 6.45) is 0.549. The van der Waals surface area contributed by atoms with Gasteiger partial charge in [0.1, 0.15) is 5.60 Å². The molecular formula is C18H24N2O3. The van der Waals surface area contributed by atoms with Gasteiger partial charge in [0.25, 0.3) is 0 Å². The fraction of sp³-hybridized carbons (Fsp3) is 0.556. The van der Waals surface area contributed by atoms with Crippen molar-refractivity contribution in [3.05, 3.63) is 35.4 Å². The van der Waals surface area contributed by atoms with Crippen molar-refractivity contribution in [2.75, 3.05) is 6.54 Å². The summed E-state index contributed by atoms with van der Waals surface area (Å²) in [7, 11) is 0. The molecule has 0 bridgehead atoms. The van der Waals surface area contributed by atoms with Crippen molar-refractivity contribution in [1.29, 1.82) is 5.26 Å². The highest BCUT2D eigenvalue weighted by Gasteiger charge is 2.40. The van der Waals surface area contributed by atoms with E-state index in [-0.39, 0.29) is 12.1 Å². The van der Waals surface area contributed by atoms with Crippen LogP contribution < -0.4 is 0 Å². The number of nitriles is 1. The topological polar surface area (TPSA) is 73.6 Å². The largest absolute Gasteiger partial charge is 0.444 e. The van der Waals surface area contributed by atoms with Gasteiger partial charge >= 0.3 is 6.09 Å². The van der Waals surface area contributed by atoms with E-state index in [1.54, 1.807) is 29.2 Å². The van der Waals surface area contributed by atoms with E-state index >= 15 is 0 Å². The molecule has 0 saturated carbocycles. The molecule has 0 aliphatic carbocycles. The fourth-order valence-corrected chi connectivity index (χ4v) is 2.94. The molecule has 0 aromatic heterocycles. The first-order chi connectivity index (χ1) is 10.6. The molecule has 2 atom stereocenters. The number of carbonyl (C=O) groups excluding carboxylic acids is 1. The Bertz CT molecular complexity index is 613. The maximum atomic E-state index is 12.2. The zero-order valence-electron chi connectivity index (χ0n) is 14.2. The summed E-state index contributed by atoms with van der Waals surface area (Å²) in [5.74, 6) is 0. The number of piperidine rings is 1. The lowest BCUT2D eigenvalue weighted by Gasteiger charge is -2.43. The molecular weight excluding hydrogens is 292 g/mol. The lowest BCUT2D eigenvalue weighted by Crippen LogP contribution is -2.51. The number of carbonyl (C=O) groups is 1. The molecule has 5 nitrogen and oxygen atoms in total. The minimum atomic E-state index is -0.980. The number of ether oxygens (including phenoxy) is 1. The van der Waals surface area contributed by atoms with Crippen molar-refractivity contribution >= 4 is 6.09 Å². The Hall–Kier alpha value is -2.06. The van der Waals surface area contributed by atoms with Gasteiger partial charge in [-0.05, 0) is 51.8 Å². The zero-order valence-corrected chi connectivity index (χ0v) is 14.2. The average Bonchev–Trinajstić information content (AvgIpc) is 2.45. The lowest BCUT2D eigenvalue weighted by atomic mass is 9.81. The van der Waals surface area contributed by atoms with Crippen LogP contribution in [0, 0.1) is 11.3 Å². The first-order valence-corrected chi connectivity index (χ1v) is 7.87. The Morgan fingerprint density at radius 1 is 1.39 bits per heavy atom. The van der Waals surface area contributed by atoms with E-state index in [0.29, 0.717) is 24.9 Å². The fourth-order valence-electron chi connectivity index (χ4n) is 2.94. The minimum absolute atomic E-state index is 0.126. The molecule has 1 heterocycles. The molecule has 1 aromatic carbocycles. The van der Waals surface area contributed by atoms with E-state index in [1.807, 2.05) is 27.7 Å². The normalized spacial score (nSPS) is 24.9. The van der Waals surface area contributed by atoms with Crippen LogP contribution in [0.15, 0.2) is 24.3 Å². The summed E-state index contributed by atoms with van der Waals surface area (Å²) in [5, 5.41) is 19.8. The van der Waals surface area contributed by atoms with Crippen LogP contribution in [-0.4, -0.2) is 34.3 Å². The maximum Gasteiger partial charge on any atom is 0.410 e. The predicted molar refractivity (Wildman–Crippen MR) is 86.7 cm³/mol. The molecule has 1 aliphatic heterocycles. The van der Waals surface area contributed by atoms with Gasteiger partial charge < -0.3 is 14.7 Å². The summed E-state index contributed by atoms with van der Waals surface area (Å²) in [6, 6.07) is 8.93. The Balaban J connectivity index is 2.10. The van der Waals surface area contributed by atoms with Crippen molar-refractivity contribution in [3.63, 3.8) is 0 Å². The van der Waals surface area contributed by atoms with E-state index in [0.717, 1.165) is 5.56 Å². The van der Waals surface area contributed by atoms with E-state index in [1.165, 1.54) is 0 Å². The SMILES string of the molecule is CC1CC(O)(c2ccc(C#N)cc2)CCN1C(=O)OC(C)(C)C. The van der Waals surface area contributed by atoms with Crippen molar-refractivity contribution < 1.29 is 14.6 Å². The predicted octanol–water partition coefficient (Wildman–Crippen LogP) is 3.17. The van der Waals surface area contributed by atoms with Crippen molar-refractivity contribution in [1.82, 2.24) is 4.90 Å². The molecule has 0 spiro atoms. The molecule has 2 rings (SSSR count). The molecule has 1 amide bonds. The van der Waals surface area contributed by atoms with Crippen LogP contribution in [0.1, 0.15) is 51.7 Å². The Morgan fingerprint density at radius 2 is 2.00 bits per heavy atom.